The smallest absolute Gasteiger partial charge is 0.272 e. The van der Waals surface area contributed by atoms with Gasteiger partial charge in [-0.15, -0.1) is 0 Å². The van der Waals surface area contributed by atoms with Crippen molar-refractivity contribution in [2.75, 3.05) is 26.2 Å². The molecule has 1 N–H and O–H groups in total. The summed E-state index contributed by atoms with van der Waals surface area (Å²) in [5.41, 5.74) is 2.14. The molecule has 1 heterocycles. The van der Waals surface area contributed by atoms with Gasteiger partial charge < -0.3 is 5.32 Å². The van der Waals surface area contributed by atoms with E-state index in [9.17, 15) is 10.1 Å². The van der Waals surface area contributed by atoms with Gasteiger partial charge in [-0.25, -0.2) is 0 Å². The van der Waals surface area contributed by atoms with E-state index in [2.05, 4.69) is 16.3 Å². The molecular weight excluding hydrogens is 278 g/mol. The summed E-state index contributed by atoms with van der Waals surface area (Å²) in [5, 5.41) is 14.7. The molecule has 3 rings (SSSR count). The number of rotatable bonds is 4. The van der Waals surface area contributed by atoms with E-state index in [0.717, 1.165) is 37.3 Å². The van der Waals surface area contributed by atoms with Crippen LogP contribution in [0.15, 0.2) is 18.2 Å². The summed E-state index contributed by atoms with van der Waals surface area (Å²) in [6.45, 7) is 5.90. The number of aryl methyl sites for hydroxylation is 1. The first kappa shape index (κ1) is 15.4. The summed E-state index contributed by atoms with van der Waals surface area (Å²) >= 11 is 0. The Balaban J connectivity index is 1.93. The Kier molecular flexibility index (Phi) is 4.74. The van der Waals surface area contributed by atoms with E-state index in [4.69, 9.17) is 0 Å². The zero-order valence-electron chi connectivity index (χ0n) is 13.3. The summed E-state index contributed by atoms with van der Waals surface area (Å²) in [5.74, 6) is 0.639. The molecule has 0 bridgehead atoms. The normalized spacial score (nSPS) is 21.9. The number of nitrogens with zero attached hydrogens (tertiary/aromatic N) is 2. The lowest BCUT2D eigenvalue weighted by Crippen LogP contribution is -2.46. The summed E-state index contributed by atoms with van der Waals surface area (Å²) in [6, 6.07) is 6.18. The SMILES string of the molecule is Cc1ccc([C@H](C2CCCC2)N2CCNCC2)cc1[N+](=O)[O-]. The fourth-order valence-electron chi connectivity index (χ4n) is 4.02. The quantitative estimate of drug-likeness (QED) is 0.686. The van der Waals surface area contributed by atoms with Gasteiger partial charge in [0, 0.05) is 43.9 Å². The number of piperazine rings is 1. The number of hydrogen-bond acceptors (Lipinski definition) is 4. The van der Waals surface area contributed by atoms with Crippen LogP contribution in [0.25, 0.3) is 0 Å². The maximum atomic E-state index is 11.3. The first-order valence-corrected chi connectivity index (χ1v) is 8.36. The topological polar surface area (TPSA) is 58.4 Å². The number of nitro benzene ring substituents is 1. The Labute approximate surface area is 131 Å². The molecule has 2 fully saturated rings. The molecule has 0 unspecified atom stereocenters. The molecule has 0 aromatic heterocycles. The highest BCUT2D eigenvalue weighted by Crippen LogP contribution is 2.40. The van der Waals surface area contributed by atoms with E-state index in [1.165, 1.54) is 25.7 Å². The van der Waals surface area contributed by atoms with E-state index in [-0.39, 0.29) is 10.6 Å². The fraction of sp³-hybridized carbons (Fsp3) is 0.647. The van der Waals surface area contributed by atoms with Crippen molar-refractivity contribution in [1.82, 2.24) is 10.2 Å². The minimum absolute atomic E-state index is 0.248. The monoisotopic (exact) mass is 303 g/mol. The van der Waals surface area contributed by atoms with Gasteiger partial charge in [0.05, 0.1) is 4.92 Å². The zero-order chi connectivity index (χ0) is 15.5. The molecule has 2 aliphatic rings. The predicted molar refractivity (Wildman–Crippen MR) is 87.0 cm³/mol. The third-order valence-corrected chi connectivity index (χ3v) is 5.16. The highest BCUT2D eigenvalue weighted by molar-refractivity contribution is 5.43. The number of hydrogen-bond donors (Lipinski definition) is 1. The zero-order valence-corrected chi connectivity index (χ0v) is 13.3. The average molecular weight is 303 g/mol. The van der Waals surface area contributed by atoms with Gasteiger partial charge in [-0.2, -0.15) is 0 Å². The van der Waals surface area contributed by atoms with Crippen LogP contribution in [0.2, 0.25) is 0 Å². The highest BCUT2D eigenvalue weighted by atomic mass is 16.6. The lowest BCUT2D eigenvalue weighted by molar-refractivity contribution is -0.385. The molecule has 5 heteroatoms. The van der Waals surface area contributed by atoms with Crippen LogP contribution in [0.1, 0.15) is 42.9 Å². The number of nitrogens with one attached hydrogen (secondary N) is 1. The molecule has 1 aromatic rings. The molecular formula is C17H25N3O2. The van der Waals surface area contributed by atoms with Crippen LogP contribution in [0.5, 0.6) is 0 Å². The van der Waals surface area contributed by atoms with E-state index in [0.29, 0.717) is 12.0 Å². The molecule has 0 radical (unpaired) electrons. The van der Waals surface area contributed by atoms with Crippen LogP contribution in [0, 0.1) is 23.0 Å². The number of benzene rings is 1. The Morgan fingerprint density at radius 3 is 2.59 bits per heavy atom. The van der Waals surface area contributed by atoms with Crippen molar-refractivity contribution in [1.29, 1.82) is 0 Å². The lowest BCUT2D eigenvalue weighted by Gasteiger charge is -2.38. The van der Waals surface area contributed by atoms with Crippen LogP contribution < -0.4 is 5.32 Å². The van der Waals surface area contributed by atoms with Gasteiger partial charge in [-0.1, -0.05) is 25.0 Å². The maximum Gasteiger partial charge on any atom is 0.272 e. The van der Waals surface area contributed by atoms with Crippen molar-refractivity contribution in [2.24, 2.45) is 5.92 Å². The Morgan fingerprint density at radius 1 is 1.27 bits per heavy atom. The summed E-state index contributed by atoms with van der Waals surface area (Å²) in [6.07, 6.45) is 5.08. The average Bonchev–Trinajstić information content (AvgIpc) is 3.04. The number of nitro groups is 1. The third kappa shape index (κ3) is 3.15. The Hall–Kier alpha value is -1.46. The van der Waals surface area contributed by atoms with Crippen molar-refractivity contribution < 1.29 is 4.92 Å². The van der Waals surface area contributed by atoms with Crippen LogP contribution in [-0.4, -0.2) is 36.0 Å². The van der Waals surface area contributed by atoms with E-state index in [1.807, 2.05) is 19.1 Å². The molecule has 1 aliphatic carbocycles. The standard InChI is InChI=1S/C17H25N3O2/c1-13-6-7-15(12-16(13)20(21)22)17(14-4-2-3-5-14)19-10-8-18-9-11-19/h6-7,12,14,17-18H,2-5,8-11H2,1H3/t17-/m0/s1. The van der Waals surface area contributed by atoms with Crippen LogP contribution in [-0.2, 0) is 0 Å². The molecule has 1 saturated carbocycles. The second-order valence-corrected chi connectivity index (χ2v) is 6.58. The molecule has 1 atom stereocenters. The van der Waals surface area contributed by atoms with Gasteiger partial charge in [0.1, 0.15) is 0 Å². The summed E-state index contributed by atoms with van der Waals surface area (Å²) < 4.78 is 0. The van der Waals surface area contributed by atoms with E-state index in [1.54, 1.807) is 0 Å². The minimum Gasteiger partial charge on any atom is -0.314 e. The second-order valence-electron chi connectivity index (χ2n) is 6.58. The van der Waals surface area contributed by atoms with E-state index >= 15 is 0 Å². The van der Waals surface area contributed by atoms with Gasteiger partial charge in [0.25, 0.3) is 5.69 Å². The largest absolute Gasteiger partial charge is 0.314 e. The first-order chi connectivity index (χ1) is 10.7. The Bertz CT molecular complexity index is 535. The first-order valence-electron chi connectivity index (χ1n) is 8.36. The molecule has 120 valence electrons. The summed E-state index contributed by atoms with van der Waals surface area (Å²) in [7, 11) is 0. The third-order valence-electron chi connectivity index (χ3n) is 5.16. The van der Waals surface area contributed by atoms with Crippen LogP contribution in [0.4, 0.5) is 5.69 Å². The molecule has 22 heavy (non-hydrogen) atoms. The van der Waals surface area contributed by atoms with Gasteiger partial charge >= 0.3 is 0 Å². The summed E-state index contributed by atoms with van der Waals surface area (Å²) in [4.78, 5) is 13.6. The molecule has 5 nitrogen and oxygen atoms in total. The van der Waals surface area contributed by atoms with Crippen LogP contribution in [0.3, 0.4) is 0 Å². The van der Waals surface area contributed by atoms with E-state index < -0.39 is 0 Å². The van der Waals surface area contributed by atoms with Crippen molar-refractivity contribution in [3.05, 3.63) is 39.4 Å². The van der Waals surface area contributed by atoms with Gasteiger partial charge in [-0.05, 0) is 31.2 Å². The second kappa shape index (κ2) is 6.75. The maximum absolute atomic E-state index is 11.3. The molecule has 0 spiro atoms. The molecule has 1 aliphatic heterocycles. The fourth-order valence-corrected chi connectivity index (χ4v) is 4.02. The highest BCUT2D eigenvalue weighted by Gasteiger charge is 2.32. The molecule has 1 saturated heterocycles. The molecule has 1 aromatic carbocycles. The van der Waals surface area contributed by atoms with Crippen molar-refractivity contribution in [2.45, 2.75) is 38.6 Å². The minimum atomic E-state index is -0.248. The van der Waals surface area contributed by atoms with Gasteiger partial charge in [-0.3, -0.25) is 15.0 Å². The van der Waals surface area contributed by atoms with Crippen molar-refractivity contribution in [3.8, 4) is 0 Å². The van der Waals surface area contributed by atoms with Gasteiger partial charge in [0.2, 0.25) is 0 Å². The lowest BCUT2D eigenvalue weighted by atomic mass is 9.89. The van der Waals surface area contributed by atoms with Gasteiger partial charge in [0.15, 0.2) is 0 Å². The van der Waals surface area contributed by atoms with Crippen molar-refractivity contribution in [3.63, 3.8) is 0 Å². The van der Waals surface area contributed by atoms with Crippen LogP contribution >= 0.6 is 0 Å². The van der Waals surface area contributed by atoms with Crippen molar-refractivity contribution >= 4 is 5.69 Å². The Morgan fingerprint density at radius 2 is 1.95 bits per heavy atom. The predicted octanol–water partition coefficient (Wildman–Crippen LogP) is 3.04. The molecule has 0 amide bonds.